The van der Waals surface area contributed by atoms with Crippen LogP contribution in [0.2, 0.25) is 5.02 Å². The summed E-state index contributed by atoms with van der Waals surface area (Å²) in [6.45, 7) is 0.314. The van der Waals surface area contributed by atoms with E-state index in [1.165, 1.54) is 6.26 Å². The zero-order valence-electron chi connectivity index (χ0n) is 9.97. The summed E-state index contributed by atoms with van der Waals surface area (Å²) in [5.74, 6) is 0.644. The summed E-state index contributed by atoms with van der Waals surface area (Å²) in [5, 5.41) is 2.51. The third-order valence-corrected chi connectivity index (χ3v) is 3.10. The Morgan fingerprint density at radius 1 is 1.16 bits per heavy atom. The highest BCUT2D eigenvalue weighted by molar-refractivity contribution is 6.35. The molecule has 0 aliphatic carbocycles. The molecule has 96 valence electrons. The van der Waals surface area contributed by atoms with Crippen molar-refractivity contribution in [3.63, 3.8) is 0 Å². The summed E-state index contributed by atoms with van der Waals surface area (Å²) in [5.41, 5.74) is 6.12. The Kier molecular flexibility index (Phi) is 3.11. The quantitative estimate of drug-likeness (QED) is 0.790. The van der Waals surface area contributed by atoms with E-state index in [0.29, 0.717) is 23.0 Å². The number of nitrogens with zero attached hydrogens (tertiary/aromatic N) is 1. The van der Waals surface area contributed by atoms with Crippen LogP contribution in [-0.2, 0) is 6.54 Å². The predicted octanol–water partition coefficient (Wildman–Crippen LogP) is 3.73. The van der Waals surface area contributed by atoms with E-state index < -0.39 is 0 Å². The number of aromatic nitrogens is 1. The Bertz CT molecular complexity index is 724. The monoisotopic (exact) mass is 274 g/mol. The third-order valence-electron chi connectivity index (χ3n) is 2.77. The van der Waals surface area contributed by atoms with Crippen LogP contribution in [0.4, 0.5) is 0 Å². The number of hydrogen-bond acceptors (Lipinski definition) is 4. The Balaban J connectivity index is 2.03. The number of ether oxygens (including phenoxy) is 1. The van der Waals surface area contributed by atoms with Crippen molar-refractivity contribution < 1.29 is 9.15 Å². The summed E-state index contributed by atoms with van der Waals surface area (Å²) < 4.78 is 10.8. The minimum absolute atomic E-state index is 0.174. The first-order valence-electron chi connectivity index (χ1n) is 5.77. The van der Waals surface area contributed by atoms with Crippen LogP contribution in [0.5, 0.6) is 11.8 Å². The van der Waals surface area contributed by atoms with Crippen LogP contribution in [-0.4, -0.2) is 4.98 Å². The fourth-order valence-corrected chi connectivity index (χ4v) is 2.07. The van der Waals surface area contributed by atoms with Crippen molar-refractivity contribution in [1.82, 2.24) is 4.98 Å². The summed E-state index contributed by atoms with van der Waals surface area (Å²) >= 11 is 6.15. The molecule has 2 N–H and O–H groups in total. The van der Waals surface area contributed by atoms with Gasteiger partial charge in [0, 0.05) is 22.3 Å². The second kappa shape index (κ2) is 4.91. The highest BCUT2D eigenvalue weighted by Gasteiger charge is 2.09. The summed E-state index contributed by atoms with van der Waals surface area (Å²) in [7, 11) is 0. The van der Waals surface area contributed by atoms with Crippen molar-refractivity contribution in [3.05, 3.63) is 53.4 Å². The minimum atomic E-state index is 0.174. The standard InChI is InChI=1S/C14H11ClN2O2/c15-12-5-6-13(11-4-2-1-3-10(11)12)19-14-17-9(7-16)8-18-14/h1-6,8H,7,16H2. The first kappa shape index (κ1) is 12.0. The fourth-order valence-electron chi connectivity index (χ4n) is 1.85. The molecule has 0 radical (unpaired) electrons. The molecule has 0 saturated carbocycles. The lowest BCUT2D eigenvalue weighted by atomic mass is 10.1. The fraction of sp³-hybridized carbons (Fsp3) is 0.0714. The molecule has 0 aliphatic rings. The van der Waals surface area contributed by atoms with Gasteiger partial charge in [-0.1, -0.05) is 35.9 Å². The van der Waals surface area contributed by atoms with Gasteiger partial charge in [-0.15, -0.1) is 0 Å². The lowest BCUT2D eigenvalue weighted by Crippen LogP contribution is -1.95. The van der Waals surface area contributed by atoms with Crippen molar-refractivity contribution in [1.29, 1.82) is 0 Å². The van der Waals surface area contributed by atoms with Gasteiger partial charge in [-0.2, -0.15) is 4.98 Å². The highest BCUT2D eigenvalue weighted by atomic mass is 35.5. The molecule has 0 unspecified atom stereocenters. The molecule has 0 bridgehead atoms. The topological polar surface area (TPSA) is 61.3 Å². The molecule has 1 aromatic heterocycles. The molecule has 0 aliphatic heterocycles. The predicted molar refractivity (Wildman–Crippen MR) is 73.4 cm³/mol. The molecule has 4 nitrogen and oxygen atoms in total. The zero-order chi connectivity index (χ0) is 13.2. The van der Waals surface area contributed by atoms with Crippen LogP contribution >= 0.6 is 11.6 Å². The van der Waals surface area contributed by atoms with E-state index in [-0.39, 0.29) is 6.08 Å². The number of rotatable bonds is 3. The molecule has 19 heavy (non-hydrogen) atoms. The van der Waals surface area contributed by atoms with Crippen LogP contribution in [0, 0.1) is 0 Å². The van der Waals surface area contributed by atoms with E-state index in [1.807, 2.05) is 24.3 Å². The second-order valence-electron chi connectivity index (χ2n) is 4.00. The van der Waals surface area contributed by atoms with Crippen LogP contribution in [0.3, 0.4) is 0 Å². The first-order chi connectivity index (χ1) is 9.28. The smallest absolute Gasteiger partial charge is 0.399 e. The summed E-state index contributed by atoms with van der Waals surface area (Å²) in [6, 6.07) is 11.3. The van der Waals surface area contributed by atoms with Gasteiger partial charge in [0.15, 0.2) is 0 Å². The minimum Gasteiger partial charge on any atom is -0.417 e. The van der Waals surface area contributed by atoms with E-state index in [1.54, 1.807) is 12.1 Å². The van der Waals surface area contributed by atoms with Crippen LogP contribution in [0.1, 0.15) is 5.69 Å². The average molecular weight is 275 g/mol. The Morgan fingerprint density at radius 2 is 1.95 bits per heavy atom. The van der Waals surface area contributed by atoms with E-state index >= 15 is 0 Å². The molecule has 0 atom stereocenters. The average Bonchev–Trinajstić information content (AvgIpc) is 2.90. The molecule has 1 heterocycles. The molecular formula is C14H11ClN2O2. The van der Waals surface area contributed by atoms with Crippen molar-refractivity contribution in [2.45, 2.75) is 6.54 Å². The van der Waals surface area contributed by atoms with Gasteiger partial charge < -0.3 is 14.9 Å². The van der Waals surface area contributed by atoms with Gasteiger partial charge in [0.05, 0.1) is 5.69 Å². The van der Waals surface area contributed by atoms with E-state index in [0.717, 1.165) is 10.8 Å². The van der Waals surface area contributed by atoms with Gasteiger partial charge in [0.25, 0.3) is 0 Å². The molecule has 0 spiro atoms. The molecule has 0 amide bonds. The largest absolute Gasteiger partial charge is 0.417 e. The molecule has 5 heteroatoms. The first-order valence-corrected chi connectivity index (χ1v) is 6.15. The second-order valence-corrected chi connectivity index (χ2v) is 4.41. The van der Waals surface area contributed by atoms with Gasteiger partial charge in [-0.25, -0.2) is 0 Å². The van der Waals surface area contributed by atoms with Gasteiger partial charge in [0.1, 0.15) is 12.0 Å². The maximum Gasteiger partial charge on any atom is 0.399 e. The van der Waals surface area contributed by atoms with Crippen molar-refractivity contribution in [2.75, 3.05) is 0 Å². The number of oxazole rings is 1. The number of hydrogen-bond donors (Lipinski definition) is 1. The SMILES string of the molecule is NCc1coc(Oc2ccc(Cl)c3ccccc23)n1. The van der Waals surface area contributed by atoms with E-state index in [2.05, 4.69) is 4.98 Å². The summed E-state index contributed by atoms with van der Waals surface area (Å²) in [4.78, 5) is 4.11. The number of nitrogens with two attached hydrogens (primary N) is 1. The lowest BCUT2D eigenvalue weighted by molar-refractivity contribution is 0.333. The van der Waals surface area contributed by atoms with Gasteiger partial charge in [0.2, 0.25) is 0 Å². The van der Waals surface area contributed by atoms with E-state index in [4.69, 9.17) is 26.5 Å². The third kappa shape index (κ3) is 2.28. The molecular weight excluding hydrogens is 264 g/mol. The Hall–Kier alpha value is -2.04. The molecule has 0 saturated heterocycles. The van der Waals surface area contributed by atoms with Crippen molar-refractivity contribution >= 4 is 22.4 Å². The van der Waals surface area contributed by atoms with Gasteiger partial charge in [-0.3, -0.25) is 0 Å². The van der Waals surface area contributed by atoms with Crippen LogP contribution in [0.15, 0.2) is 47.1 Å². The van der Waals surface area contributed by atoms with Crippen LogP contribution in [0.25, 0.3) is 10.8 Å². The Morgan fingerprint density at radius 3 is 2.68 bits per heavy atom. The number of fused-ring (bicyclic) bond motifs is 1. The molecule has 3 rings (SSSR count). The lowest BCUT2D eigenvalue weighted by Gasteiger charge is -2.06. The summed E-state index contributed by atoms with van der Waals surface area (Å²) in [6.07, 6.45) is 1.65. The maximum atomic E-state index is 6.15. The van der Waals surface area contributed by atoms with E-state index in [9.17, 15) is 0 Å². The number of halogens is 1. The molecule has 0 fully saturated rings. The normalized spacial score (nSPS) is 10.8. The number of benzene rings is 2. The van der Waals surface area contributed by atoms with Crippen LogP contribution < -0.4 is 10.5 Å². The molecule has 2 aromatic carbocycles. The van der Waals surface area contributed by atoms with Crippen molar-refractivity contribution in [2.24, 2.45) is 5.73 Å². The van der Waals surface area contributed by atoms with Gasteiger partial charge >= 0.3 is 6.08 Å². The van der Waals surface area contributed by atoms with Crippen molar-refractivity contribution in [3.8, 4) is 11.8 Å². The highest BCUT2D eigenvalue weighted by Crippen LogP contribution is 2.33. The molecule has 3 aromatic rings. The van der Waals surface area contributed by atoms with Gasteiger partial charge in [-0.05, 0) is 12.1 Å². The maximum absolute atomic E-state index is 6.15. The zero-order valence-corrected chi connectivity index (χ0v) is 10.7. The Labute approximate surface area is 114 Å².